The lowest BCUT2D eigenvalue weighted by Gasteiger charge is -2.49. The molecule has 2 fully saturated rings. The van der Waals surface area contributed by atoms with Crippen LogP contribution in [0.15, 0.2) is 0 Å². The Morgan fingerprint density at radius 1 is 1.35 bits per heavy atom. The van der Waals surface area contributed by atoms with Crippen LogP contribution >= 0.6 is 0 Å². The first-order valence-electron chi connectivity index (χ1n) is 6.99. The highest BCUT2D eigenvalue weighted by Crippen LogP contribution is 2.45. The third-order valence-electron chi connectivity index (χ3n) is 4.37. The minimum absolute atomic E-state index is 0.00822. The Morgan fingerprint density at radius 2 is 1.90 bits per heavy atom. The Balaban J connectivity index is 2.36. The molecule has 2 unspecified atom stereocenters. The molecule has 0 radical (unpaired) electrons. The molecule has 0 spiro atoms. The number of rotatable bonds is 3. The minimum atomic E-state index is -2.64. The maximum absolute atomic E-state index is 12.8. The molecule has 0 aromatic carbocycles. The molecule has 2 rings (SSSR count). The largest absolute Gasteiger partial charge is 0.342 e. The van der Waals surface area contributed by atoms with Gasteiger partial charge < -0.3 is 10.2 Å². The molecule has 1 saturated heterocycles. The molecule has 1 heterocycles. The summed E-state index contributed by atoms with van der Waals surface area (Å²) in [6, 6.07) is -0.749. The first-order valence-corrected chi connectivity index (χ1v) is 6.99. The Hall–Kier alpha value is -1.20. The lowest BCUT2D eigenvalue weighted by molar-refractivity contribution is -0.163. The van der Waals surface area contributed by atoms with Crippen molar-refractivity contribution in [2.24, 2.45) is 11.3 Å². The maximum Gasteiger partial charge on any atom is 0.255 e. The number of piperazine rings is 1. The van der Waals surface area contributed by atoms with Crippen LogP contribution in [0.4, 0.5) is 8.78 Å². The Labute approximate surface area is 117 Å². The van der Waals surface area contributed by atoms with Crippen LogP contribution in [0, 0.1) is 11.3 Å². The lowest BCUT2D eigenvalue weighted by atomic mass is 9.80. The standard InChI is InChI=1S/C14H22F2N2O2/c1-13(2,3)10-11(19)18(7-9(15)16)14(4,8-5-6-8)12(20)17-10/h8-10H,5-7H2,1-4H3,(H,17,20). The summed E-state index contributed by atoms with van der Waals surface area (Å²) in [5, 5.41) is 2.75. The zero-order chi connectivity index (χ0) is 15.3. The summed E-state index contributed by atoms with van der Waals surface area (Å²) in [4.78, 5) is 26.1. The van der Waals surface area contributed by atoms with Crippen LogP contribution in [0.25, 0.3) is 0 Å². The fraction of sp³-hybridized carbons (Fsp3) is 0.857. The van der Waals surface area contributed by atoms with Gasteiger partial charge in [-0.2, -0.15) is 0 Å². The van der Waals surface area contributed by atoms with Crippen LogP contribution in [0.3, 0.4) is 0 Å². The van der Waals surface area contributed by atoms with Crippen molar-refractivity contribution in [1.29, 1.82) is 0 Å². The van der Waals surface area contributed by atoms with Gasteiger partial charge in [-0.05, 0) is 31.1 Å². The first-order chi connectivity index (χ1) is 9.08. The molecule has 0 aromatic heterocycles. The molecule has 1 aliphatic carbocycles. The first kappa shape index (κ1) is 15.2. The molecular formula is C14H22F2N2O2. The van der Waals surface area contributed by atoms with Crippen LogP contribution in [-0.4, -0.2) is 41.3 Å². The molecule has 4 nitrogen and oxygen atoms in total. The molecule has 2 aliphatic rings. The fourth-order valence-electron chi connectivity index (χ4n) is 2.90. The van der Waals surface area contributed by atoms with Gasteiger partial charge in [-0.3, -0.25) is 9.59 Å². The molecule has 1 saturated carbocycles. The van der Waals surface area contributed by atoms with Gasteiger partial charge in [0.05, 0.1) is 6.54 Å². The number of carbonyl (C=O) groups is 2. The quantitative estimate of drug-likeness (QED) is 0.861. The summed E-state index contributed by atoms with van der Waals surface area (Å²) in [5.74, 6) is -0.710. The maximum atomic E-state index is 12.8. The van der Waals surface area contributed by atoms with E-state index in [4.69, 9.17) is 0 Å². The van der Waals surface area contributed by atoms with Gasteiger partial charge in [0, 0.05) is 0 Å². The Bertz CT molecular complexity index is 429. The summed E-state index contributed by atoms with van der Waals surface area (Å²) in [7, 11) is 0. The van der Waals surface area contributed by atoms with Gasteiger partial charge in [0.15, 0.2) is 0 Å². The number of hydrogen-bond donors (Lipinski definition) is 1. The zero-order valence-electron chi connectivity index (χ0n) is 12.4. The van der Waals surface area contributed by atoms with Crippen LogP contribution < -0.4 is 5.32 Å². The molecule has 0 bridgehead atoms. The van der Waals surface area contributed by atoms with Crippen molar-refractivity contribution in [3.63, 3.8) is 0 Å². The van der Waals surface area contributed by atoms with E-state index in [1.807, 2.05) is 20.8 Å². The van der Waals surface area contributed by atoms with E-state index in [0.717, 1.165) is 17.7 Å². The summed E-state index contributed by atoms with van der Waals surface area (Å²) in [5.41, 5.74) is -1.63. The molecule has 2 atom stereocenters. The molecule has 114 valence electrons. The van der Waals surface area contributed by atoms with Crippen molar-refractivity contribution < 1.29 is 18.4 Å². The second-order valence-corrected chi connectivity index (χ2v) is 7.03. The van der Waals surface area contributed by atoms with Gasteiger partial charge >= 0.3 is 0 Å². The molecule has 1 N–H and O–H groups in total. The van der Waals surface area contributed by atoms with Crippen LogP contribution in [0.1, 0.15) is 40.5 Å². The average Bonchev–Trinajstić information content (AvgIpc) is 3.11. The van der Waals surface area contributed by atoms with E-state index in [0.29, 0.717) is 0 Å². The molecule has 6 heteroatoms. The van der Waals surface area contributed by atoms with Crippen molar-refractivity contribution >= 4 is 11.8 Å². The number of nitrogens with one attached hydrogen (secondary N) is 1. The highest BCUT2D eigenvalue weighted by Gasteiger charge is 2.58. The van der Waals surface area contributed by atoms with E-state index < -0.39 is 35.9 Å². The van der Waals surface area contributed by atoms with Gasteiger partial charge in [0.1, 0.15) is 11.6 Å². The number of carbonyl (C=O) groups excluding carboxylic acids is 2. The van der Waals surface area contributed by atoms with Gasteiger partial charge in [-0.15, -0.1) is 0 Å². The second-order valence-electron chi connectivity index (χ2n) is 7.03. The number of alkyl halides is 2. The summed E-state index contributed by atoms with van der Waals surface area (Å²) < 4.78 is 25.7. The lowest BCUT2D eigenvalue weighted by Crippen LogP contribution is -2.73. The van der Waals surface area contributed by atoms with E-state index in [9.17, 15) is 18.4 Å². The van der Waals surface area contributed by atoms with Crippen molar-refractivity contribution in [3.05, 3.63) is 0 Å². The SMILES string of the molecule is CC(C)(C)C1NC(=O)C(C)(C2CC2)N(CC(F)F)C1=O. The Morgan fingerprint density at radius 3 is 2.30 bits per heavy atom. The van der Waals surface area contributed by atoms with Gasteiger partial charge in [-0.1, -0.05) is 20.8 Å². The number of halogens is 2. The van der Waals surface area contributed by atoms with Crippen molar-refractivity contribution in [2.45, 2.75) is 58.5 Å². The van der Waals surface area contributed by atoms with E-state index in [2.05, 4.69) is 5.32 Å². The highest BCUT2D eigenvalue weighted by molar-refractivity contribution is 6.00. The van der Waals surface area contributed by atoms with Crippen molar-refractivity contribution in [3.8, 4) is 0 Å². The average molecular weight is 288 g/mol. The van der Waals surface area contributed by atoms with Crippen molar-refractivity contribution in [1.82, 2.24) is 10.2 Å². The topological polar surface area (TPSA) is 49.4 Å². The van der Waals surface area contributed by atoms with E-state index >= 15 is 0 Å². The molecule has 20 heavy (non-hydrogen) atoms. The Kier molecular flexibility index (Phi) is 3.55. The van der Waals surface area contributed by atoms with E-state index in [1.54, 1.807) is 6.92 Å². The van der Waals surface area contributed by atoms with Crippen LogP contribution in [-0.2, 0) is 9.59 Å². The third-order valence-corrected chi connectivity index (χ3v) is 4.37. The van der Waals surface area contributed by atoms with Crippen molar-refractivity contribution in [2.75, 3.05) is 6.54 Å². The van der Waals surface area contributed by atoms with Crippen LogP contribution in [0.5, 0.6) is 0 Å². The minimum Gasteiger partial charge on any atom is -0.342 e. The van der Waals surface area contributed by atoms with E-state index in [1.165, 1.54) is 0 Å². The van der Waals surface area contributed by atoms with Gasteiger partial charge in [0.25, 0.3) is 6.43 Å². The van der Waals surface area contributed by atoms with Gasteiger partial charge in [-0.25, -0.2) is 8.78 Å². The molecular weight excluding hydrogens is 266 g/mol. The second kappa shape index (κ2) is 4.67. The van der Waals surface area contributed by atoms with E-state index in [-0.39, 0.29) is 11.8 Å². The summed E-state index contributed by atoms with van der Waals surface area (Å²) in [6.07, 6.45) is -1.03. The third kappa shape index (κ3) is 2.40. The number of amides is 2. The number of hydrogen-bond acceptors (Lipinski definition) is 2. The zero-order valence-corrected chi connectivity index (χ0v) is 12.4. The predicted molar refractivity (Wildman–Crippen MR) is 70.2 cm³/mol. The molecule has 1 aliphatic heterocycles. The molecule has 2 amide bonds. The fourth-order valence-corrected chi connectivity index (χ4v) is 2.90. The molecule has 0 aromatic rings. The summed E-state index contributed by atoms with van der Waals surface area (Å²) >= 11 is 0. The van der Waals surface area contributed by atoms with Crippen LogP contribution in [0.2, 0.25) is 0 Å². The smallest absolute Gasteiger partial charge is 0.255 e. The van der Waals surface area contributed by atoms with Gasteiger partial charge in [0.2, 0.25) is 11.8 Å². The summed E-state index contributed by atoms with van der Waals surface area (Å²) in [6.45, 7) is 6.38. The predicted octanol–water partition coefficient (Wildman–Crippen LogP) is 1.79. The highest BCUT2D eigenvalue weighted by atomic mass is 19.3. The number of nitrogens with zero attached hydrogens (tertiary/aromatic N) is 1. The monoisotopic (exact) mass is 288 g/mol. The normalized spacial score (nSPS) is 31.8.